The van der Waals surface area contributed by atoms with Gasteiger partial charge in [-0.15, -0.1) is 0 Å². The Morgan fingerprint density at radius 1 is 1.14 bits per heavy atom. The summed E-state index contributed by atoms with van der Waals surface area (Å²) in [6.07, 6.45) is -2.44. The maximum absolute atomic E-state index is 11.7. The van der Waals surface area contributed by atoms with Crippen molar-refractivity contribution in [2.45, 2.75) is 19.0 Å². The molecule has 22 heavy (non-hydrogen) atoms. The quantitative estimate of drug-likeness (QED) is 0.247. The molecule has 0 spiro atoms. The first-order valence-electron chi connectivity index (χ1n) is 6.11. The van der Waals surface area contributed by atoms with Crippen molar-refractivity contribution >= 4 is 11.9 Å². The summed E-state index contributed by atoms with van der Waals surface area (Å²) in [4.78, 5) is 41.4. The topological polar surface area (TPSA) is 150 Å². The van der Waals surface area contributed by atoms with Crippen LogP contribution < -0.4 is 0 Å². The molecular formula is C12H12N2O8. The predicted octanol–water partition coefficient (Wildman–Crippen LogP) is 1.20. The Bertz CT molecular complexity index is 587. The largest absolute Gasteiger partial charge is 0.478 e. The van der Waals surface area contributed by atoms with Crippen LogP contribution in [0.1, 0.15) is 33.6 Å². The molecule has 0 unspecified atom stereocenters. The van der Waals surface area contributed by atoms with Gasteiger partial charge in [0.1, 0.15) is 0 Å². The Hall–Kier alpha value is -3.04. The molecule has 0 heterocycles. The van der Waals surface area contributed by atoms with Crippen LogP contribution in [0.15, 0.2) is 24.3 Å². The van der Waals surface area contributed by atoms with E-state index >= 15 is 0 Å². The second-order valence-electron chi connectivity index (χ2n) is 4.18. The number of benzene rings is 1. The number of aromatic carboxylic acids is 1. The number of hydrogen-bond acceptors (Lipinski definition) is 7. The molecule has 1 aromatic rings. The van der Waals surface area contributed by atoms with Gasteiger partial charge >= 0.3 is 18.1 Å². The van der Waals surface area contributed by atoms with Crippen LogP contribution in [0.5, 0.6) is 0 Å². The average molecular weight is 312 g/mol. The van der Waals surface area contributed by atoms with Crippen LogP contribution in [0.3, 0.4) is 0 Å². The molecule has 0 atom stereocenters. The second kappa shape index (κ2) is 7.67. The number of ether oxygens (including phenoxy) is 1. The van der Waals surface area contributed by atoms with E-state index in [-0.39, 0.29) is 24.2 Å². The standard InChI is InChI=1S/C12H12N2O8/c15-11(16)8-4-1-2-5-9(8)12(17)22-7-3-6-10(13(18)19)14(20)21/h1-2,4-5,10H,3,6-7H2,(H,15,16). The SMILES string of the molecule is O=C(O)c1ccccc1C(=O)OCCCC([N+](=O)[O-])[N+](=O)[O-]. The van der Waals surface area contributed by atoms with E-state index < -0.39 is 34.4 Å². The summed E-state index contributed by atoms with van der Waals surface area (Å²) in [5.41, 5.74) is -0.393. The van der Waals surface area contributed by atoms with Gasteiger partial charge in [-0.05, 0) is 18.6 Å². The van der Waals surface area contributed by atoms with Crippen molar-refractivity contribution in [1.82, 2.24) is 0 Å². The van der Waals surface area contributed by atoms with Crippen LogP contribution >= 0.6 is 0 Å². The first-order chi connectivity index (χ1) is 10.3. The fraction of sp³-hybridized carbons (Fsp3) is 0.333. The average Bonchev–Trinajstić information content (AvgIpc) is 2.45. The van der Waals surface area contributed by atoms with Gasteiger partial charge in [-0.1, -0.05) is 12.1 Å². The highest BCUT2D eigenvalue weighted by Gasteiger charge is 2.31. The number of carboxylic acid groups (broad SMARTS) is 1. The first kappa shape index (κ1) is 17.0. The molecule has 0 aliphatic carbocycles. The van der Waals surface area contributed by atoms with Gasteiger partial charge in [0.15, 0.2) is 0 Å². The monoisotopic (exact) mass is 312 g/mol. The lowest BCUT2D eigenvalue weighted by atomic mass is 10.1. The van der Waals surface area contributed by atoms with E-state index in [1.807, 2.05) is 0 Å². The van der Waals surface area contributed by atoms with Crippen LogP contribution in [0.2, 0.25) is 0 Å². The molecule has 0 fully saturated rings. The third-order valence-electron chi connectivity index (χ3n) is 2.70. The van der Waals surface area contributed by atoms with Crippen molar-refractivity contribution in [3.8, 4) is 0 Å². The fourth-order valence-corrected chi connectivity index (χ4v) is 1.64. The normalized spacial score (nSPS) is 10.2. The maximum atomic E-state index is 11.7. The van der Waals surface area contributed by atoms with Crippen molar-refractivity contribution in [2.75, 3.05) is 6.61 Å². The summed E-state index contributed by atoms with van der Waals surface area (Å²) in [6.45, 7) is -0.287. The summed E-state index contributed by atoms with van der Waals surface area (Å²) >= 11 is 0. The molecule has 0 radical (unpaired) electrons. The highest BCUT2D eigenvalue weighted by atomic mass is 16.7. The Balaban J connectivity index is 2.56. The Labute approximate surface area is 123 Å². The Morgan fingerprint density at radius 2 is 1.68 bits per heavy atom. The molecule has 1 rings (SSSR count). The number of esters is 1. The van der Waals surface area contributed by atoms with Crippen molar-refractivity contribution in [2.24, 2.45) is 0 Å². The van der Waals surface area contributed by atoms with Gasteiger partial charge in [0, 0.05) is 0 Å². The van der Waals surface area contributed by atoms with Crippen LogP contribution in [-0.4, -0.2) is 39.7 Å². The highest BCUT2D eigenvalue weighted by molar-refractivity contribution is 6.02. The number of hydrogen-bond donors (Lipinski definition) is 1. The predicted molar refractivity (Wildman–Crippen MR) is 70.7 cm³/mol. The minimum atomic E-state index is -1.95. The Morgan fingerprint density at radius 3 is 2.18 bits per heavy atom. The minimum Gasteiger partial charge on any atom is -0.478 e. The van der Waals surface area contributed by atoms with E-state index in [9.17, 15) is 29.8 Å². The lowest BCUT2D eigenvalue weighted by Crippen LogP contribution is -2.29. The van der Waals surface area contributed by atoms with E-state index in [2.05, 4.69) is 0 Å². The molecule has 1 N–H and O–H groups in total. The van der Waals surface area contributed by atoms with Crippen LogP contribution in [0.4, 0.5) is 0 Å². The van der Waals surface area contributed by atoms with Crippen LogP contribution in [0.25, 0.3) is 0 Å². The van der Waals surface area contributed by atoms with Gasteiger partial charge < -0.3 is 9.84 Å². The van der Waals surface area contributed by atoms with Gasteiger partial charge in [0.25, 0.3) is 0 Å². The fourth-order valence-electron chi connectivity index (χ4n) is 1.64. The van der Waals surface area contributed by atoms with E-state index in [0.717, 1.165) is 0 Å². The number of nitro groups is 2. The smallest absolute Gasteiger partial charge is 0.450 e. The second-order valence-corrected chi connectivity index (χ2v) is 4.18. The molecule has 0 saturated carbocycles. The highest BCUT2D eigenvalue weighted by Crippen LogP contribution is 2.11. The lowest BCUT2D eigenvalue weighted by Gasteiger charge is -2.07. The molecule has 0 aliphatic heterocycles. The molecule has 0 aromatic heterocycles. The van der Waals surface area contributed by atoms with Crippen molar-refractivity contribution in [3.63, 3.8) is 0 Å². The zero-order valence-corrected chi connectivity index (χ0v) is 11.2. The number of carboxylic acids is 1. The number of carbonyl (C=O) groups excluding carboxylic acids is 1. The van der Waals surface area contributed by atoms with Crippen molar-refractivity contribution in [3.05, 3.63) is 55.6 Å². The van der Waals surface area contributed by atoms with Gasteiger partial charge in [-0.2, -0.15) is 0 Å². The zero-order valence-electron chi connectivity index (χ0n) is 11.2. The summed E-state index contributed by atoms with van der Waals surface area (Å²) in [6, 6.07) is 5.40. The van der Waals surface area contributed by atoms with Gasteiger partial charge in [0.2, 0.25) is 0 Å². The summed E-state index contributed by atoms with van der Waals surface area (Å²) in [7, 11) is 0. The summed E-state index contributed by atoms with van der Waals surface area (Å²) < 4.78 is 4.78. The molecular weight excluding hydrogens is 300 g/mol. The van der Waals surface area contributed by atoms with Gasteiger partial charge in [-0.3, -0.25) is 20.2 Å². The number of rotatable bonds is 8. The number of carbonyl (C=O) groups is 2. The molecule has 0 saturated heterocycles. The van der Waals surface area contributed by atoms with Gasteiger partial charge in [-0.25, -0.2) is 9.59 Å². The van der Waals surface area contributed by atoms with E-state index in [1.54, 1.807) is 0 Å². The minimum absolute atomic E-state index is 0.0897. The molecule has 10 nitrogen and oxygen atoms in total. The number of nitrogens with zero attached hydrogens (tertiary/aromatic N) is 2. The van der Waals surface area contributed by atoms with Crippen molar-refractivity contribution < 1.29 is 29.3 Å². The molecule has 10 heteroatoms. The Kier molecular flexibility index (Phi) is 5.93. The first-order valence-corrected chi connectivity index (χ1v) is 6.11. The van der Waals surface area contributed by atoms with Crippen molar-refractivity contribution in [1.29, 1.82) is 0 Å². The molecule has 0 aliphatic rings. The molecule has 1 aromatic carbocycles. The summed E-state index contributed by atoms with van der Waals surface area (Å²) in [5, 5.41) is 29.7. The third-order valence-corrected chi connectivity index (χ3v) is 2.70. The van der Waals surface area contributed by atoms with E-state index in [1.165, 1.54) is 24.3 Å². The molecule has 0 bridgehead atoms. The van der Waals surface area contributed by atoms with E-state index in [4.69, 9.17) is 9.84 Å². The molecule has 0 amide bonds. The maximum Gasteiger partial charge on any atom is 0.450 e. The van der Waals surface area contributed by atoms with Gasteiger partial charge in [0.05, 0.1) is 34.0 Å². The summed E-state index contributed by atoms with van der Waals surface area (Å²) in [5.74, 6) is -2.20. The van der Waals surface area contributed by atoms with Crippen LogP contribution in [-0.2, 0) is 4.74 Å². The third kappa shape index (κ3) is 4.51. The lowest BCUT2D eigenvalue weighted by molar-refractivity contribution is -0.743. The zero-order chi connectivity index (χ0) is 16.7. The molecule has 118 valence electrons. The van der Waals surface area contributed by atoms with Crippen LogP contribution in [0, 0.1) is 20.2 Å². The van der Waals surface area contributed by atoms with E-state index in [0.29, 0.717) is 0 Å².